The van der Waals surface area contributed by atoms with Crippen LogP contribution in [0.2, 0.25) is 0 Å². The lowest BCUT2D eigenvalue weighted by atomic mass is 10.0. The minimum atomic E-state index is -0.615. The van der Waals surface area contributed by atoms with E-state index in [1.807, 2.05) is 19.3 Å². The second-order valence-electron chi connectivity index (χ2n) is 5.04. The highest BCUT2D eigenvalue weighted by atomic mass is 16.3. The average molecular weight is 234 g/mol. The van der Waals surface area contributed by atoms with E-state index >= 15 is 0 Å². The predicted molar refractivity (Wildman–Crippen MR) is 68.4 cm³/mol. The standard InChI is InChI=1S/C14H22N2O/c1-3-4-8-14(17)9-7-13(16(14)2)12-6-5-10-15-11-12/h5-6,10-11,13,17H,3-4,7-9H2,1-2H3. The summed E-state index contributed by atoms with van der Waals surface area (Å²) in [6.45, 7) is 2.16. The Labute approximate surface area is 103 Å². The predicted octanol–water partition coefficient (Wildman–Crippen LogP) is 2.73. The molecule has 94 valence electrons. The lowest BCUT2D eigenvalue weighted by Gasteiger charge is -2.34. The van der Waals surface area contributed by atoms with Gasteiger partial charge in [0.2, 0.25) is 0 Å². The summed E-state index contributed by atoms with van der Waals surface area (Å²) in [6.07, 6.45) is 8.67. The Hall–Kier alpha value is -0.930. The van der Waals surface area contributed by atoms with Crippen molar-refractivity contribution in [3.05, 3.63) is 30.1 Å². The van der Waals surface area contributed by atoms with E-state index < -0.39 is 5.72 Å². The first-order chi connectivity index (χ1) is 8.17. The van der Waals surface area contributed by atoms with Gasteiger partial charge in [-0.1, -0.05) is 19.4 Å². The minimum Gasteiger partial charge on any atom is -0.376 e. The Balaban J connectivity index is 2.09. The van der Waals surface area contributed by atoms with Gasteiger partial charge in [-0.2, -0.15) is 0 Å². The van der Waals surface area contributed by atoms with Gasteiger partial charge in [0.1, 0.15) is 5.72 Å². The fourth-order valence-electron chi connectivity index (χ4n) is 2.75. The second kappa shape index (κ2) is 5.15. The van der Waals surface area contributed by atoms with Gasteiger partial charge in [0.15, 0.2) is 0 Å². The van der Waals surface area contributed by atoms with Crippen molar-refractivity contribution in [2.75, 3.05) is 7.05 Å². The van der Waals surface area contributed by atoms with Crippen molar-refractivity contribution in [3.63, 3.8) is 0 Å². The minimum absolute atomic E-state index is 0.311. The molecule has 3 heteroatoms. The van der Waals surface area contributed by atoms with E-state index in [1.54, 1.807) is 6.20 Å². The summed E-state index contributed by atoms with van der Waals surface area (Å²) >= 11 is 0. The molecule has 1 saturated heterocycles. The molecule has 0 spiro atoms. The summed E-state index contributed by atoms with van der Waals surface area (Å²) in [5.41, 5.74) is 0.596. The lowest BCUT2D eigenvalue weighted by molar-refractivity contribution is -0.0879. The third kappa shape index (κ3) is 2.50. The van der Waals surface area contributed by atoms with Crippen LogP contribution in [0.15, 0.2) is 24.5 Å². The van der Waals surface area contributed by atoms with Crippen LogP contribution in [-0.4, -0.2) is 27.8 Å². The zero-order valence-electron chi connectivity index (χ0n) is 10.8. The first-order valence-electron chi connectivity index (χ1n) is 6.52. The Morgan fingerprint density at radius 3 is 3.06 bits per heavy atom. The molecule has 1 aromatic heterocycles. The van der Waals surface area contributed by atoms with Crippen LogP contribution < -0.4 is 0 Å². The van der Waals surface area contributed by atoms with E-state index in [-0.39, 0.29) is 0 Å². The van der Waals surface area contributed by atoms with Crippen molar-refractivity contribution in [3.8, 4) is 0 Å². The summed E-state index contributed by atoms with van der Waals surface area (Å²) in [4.78, 5) is 6.29. The summed E-state index contributed by atoms with van der Waals surface area (Å²) in [7, 11) is 2.03. The van der Waals surface area contributed by atoms with Crippen molar-refractivity contribution in [2.45, 2.75) is 50.8 Å². The van der Waals surface area contributed by atoms with Gasteiger partial charge in [-0.05, 0) is 44.4 Å². The van der Waals surface area contributed by atoms with Crippen LogP contribution in [0.1, 0.15) is 50.6 Å². The number of nitrogens with zero attached hydrogens (tertiary/aromatic N) is 2. The highest BCUT2D eigenvalue weighted by Crippen LogP contribution is 2.41. The van der Waals surface area contributed by atoms with E-state index in [0.717, 1.165) is 32.1 Å². The number of unbranched alkanes of at least 4 members (excludes halogenated alkanes) is 1. The molecule has 0 bridgehead atoms. The monoisotopic (exact) mass is 234 g/mol. The van der Waals surface area contributed by atoms with Gasteiger partial charge in [0.05, 0.1) is 0 Å². The quantitative estimate of drug-likeness (QED) is 0.870. The molecule has 1 aromatic rings. The molecule has 2 unspecified atom stereocenters. The first-order valence-corrected chi connectivity index (χ1v) is 6.52. The molecule has 2 atom stereocenters. The van der Waals surface area contributed by atoms with Gasteiger partial charge in [0.25, 0.3) is 0 Å². The maximum absolute atomic E-state index is 10.6. The second-order valence-corrected chi connectivity index (χ2v) is 5.04. The molecule has 0 aliphatic carbocycles. The van der Waals surface area contributed by atoms with Crippen molar-refractivity contribution in [1.29, 1.82) is 0 Å². The smallest absolute Gasteiger partial charge is 0.118 e. The molecule has 0 saturated carbocycles. The Bertz CT molecular complexity index is 354. The van der Waals surface area contributed by atoms with Gasteiger partial charge in [-0.3, -0.25) is 9.88 Å². The van der Waals surface area contributed by atoms with Crippen LogP contribution >= 0.6 is 0 Å². The average Bonchev–Trinajstić information content (AvgIpc) is 2.66. The molecule has 1 N–H and O–H groups in total. The maximum atomic E-state index is 10.6. The normalized spacial score (nSPS) is 29.7. The molecular weight excluding hydrogens is 212 g/mol. The molecule has 1 fully saturated rings. The highest BCUT2D eigenvalue weighted by molar-refractivity contribution is 5.16. The third-order valence-electron chi connectivity index (χ3n) is 3.94. The SMILES string of the molecule is CCCCC1(O)CCC(c2cccnc2)N1C. The van der Waals surface area contributed by atoms with Gasteiger partial charge in [-0.25, -0.2) is 0 Å². The van der Waals surface area contributed by atoms with Crippen molar-refractivity contribution in [2.24, 2.45) is 0 Å². The number of aromatic nitrogens is 1. The summed E-state index contributed by atoms with van der Waals surface area (Å²) in [5, 5.41) is 10.6. The molecule has 2 heterocycles. The number of aliphatic hydroxyl groups is 1. The lowest BCUT2D eigenvalue weighted by Crippen LogP contribution is -2.41. The molecule has 3 nitrogen and oxygen atoms in total. The molecule has 17 heavy (non-hydrogen) atoms. The number of likely N-dealkylation sites (tertiary alicyclic amines) is 1. The van der Waals surface area contributed by atoms with Gasteiger partial charge < -0.3 is 5.11 Å². The van der Waals surface area contributed by atoms with Crippen LogP contribution in [0.3, 0.4) is 0 Å². The van der Waals surface area contributed by atoms with E-state index in [0.29, 0.717) is 6.04 Å². The summed E-state index contributed by atoms with van der Waals surface area (Å²) in [5.74, 6) is 0. The van der Waals surface area contributed by atoms with Gasteiger partial charge >= 0.3 is 0 Å². The van der Waals surface area contributed by atoms with Crippen molar-refractivity contribution in [1.82, 2.24) is 9.88 Å². The first kappa shape index (κ1) is 12.5. The van der Waals surface area contributed by atoms with Crippen LogP contribution in [0.5, 0.6) is 0 Å². The Morgan fingerprint density at radius 2 is 2.41 bits per heavy atom. The number of hydrogen-bond donors (Lipinski definition) is 1. The van der Waals surface area contributed by atoms with Gasteiger partial charge in [-0.15, -0.1) is 0 Å². The Kier molecular flexibility index (Phi) is 3.79. The molecule has 0 aromatic carbocycles. The fraction of sp³-hybridized carbons (Fsp3) is 0.643. The molecular formula is C14H22N2O. The molecule has 2 rings (SSSR count). The Morgan fingerprint density at radius 1 is 1.59 bits per heavy atom. The van der Waals surface area contributed by atoms with E-state index in [1.165, 1.54) is 5.56 Å². The molecule has 0 radical (unpaired) electrons. The van der Waals surface area contributed by atoms with E-state index in [9.17, 15) is 5.11 Å². The molecule has 0 amide bonds. The number of pyridine rings is 1. The van der Waals surface area contributed by atoms with Crippen LogP contribution in [0.4, 0.5) is 0 Å². The fourth-order valence-corrected chi connectivity index (χ4v) is 2.75. The number of rotatable bonds is 4. The van der Waals surface area contributed by atoms with Crippen LogP contribution in [0.25, 0.3) is 0 Å². The van der Waals surface area contributed by atoms with Crippen molar-refractivity contribution >= 4 is 0 Å². The topological polar surface area (TPSA) is 36.4 Å². The zero-order valence-corrected chi connectivity index (χ0v) is 10.8. The summed E-state index contributed by atoms with van der Waals surface area (Å²) in [6, 6.07) is 4.37. The molecule has 1 aliphatic heterocycles. The van der Waals surface area contributed by atoms with E-state index in [2.05, 4.69) is 22.9 Å². The maximum Gasteiger partial charge on any atom is 0.118 e. The molecule has 1 aliphatic rings. The van der Waals surface area contributed by atoms with Crippen LogP contribution in [0, 0.1) is 0 Å². The van der Waals surface area contributed by atoms with Crippen LogP contribution in [-0.2, 0) is 0 Å². The van der Waals surface area contributed by atoms with Gasteiger partial charge in [0, 0.05) is 18.4 Å². The highest BCUT2D eigenvalue weighted by Gasteiger charge is 2.42. The largest absolute Gasteiger partial charge is 0.376 e. The van der Waals surface area contributed by atoms with Crippen molar-refractivity contribution < 1.29 is 5.11 Å². The number of hydrogen-bond acceptors (Lipinski definition) is 3. The third-order valence-corrected chi connectivity index (χ3v) is 3.94. The zero-order chi connectivity index (χ0) is 12.3. The van der Waals surface area contributed by atoms with E-state index in [4.69, 9.17) is 0 Å². The summed E-state index contributed by atoms with van der Waals surface area (Å²) < 4.78 is 0.